The van der Waals surface area contributed by atoms with Crippen LogP contribution in [0.2, 0.25) is 0 Å². The van der Waals surface area contributed by atoms with Crippen molar-refractivity contribution in [1.82, 2.24) is 4.98 Å². The Bertz CT molecular complexity index is 685. The zero-order valence-electron chi connectivity index (χ0n) is 15.2. The summed E-state index contributed by atoms with van der Waals surface area (Å²) in [7, 11) is 0. The number of pyridine rings is 1. The molecule has 0 fully saturated rings. The van der Waals surface area contributed by atoms with Crippen molar-refractivity contribution >= 4 is 17.3 Å². The highest BCUT2D eigenvalue weighted by Crippen LogP contribution is 2.29. The highest BCUT2D eigenvalue weighted by Gasteiger charge is 2.19. The number of nitrogens with zero attached hydrogens (tertiary/aromatic N) is 1. The van der Waals surface area contributed by atoms with E-state index in [1.165, 1.54) is 0 Å². The molecule has 4 heteroatoms. The number of carbonyl (C=O) groups excluding carboxylic acids is 1. The summed E-state index contributed by atoms with van der Waals surface area (Å²) in [5.74, 6) is 0.365. The Kier molecular flexibility index (Phi) is 5.60. The molecule has 1 heterocycles. The third kappa shape index (κ3) is 4.82. The van der Waals surface area contributed by atoms with Crippen molar-refractivity contribution in [2.24, 2.45) is 5.92 Å². The topological polar surface area (TPSA) is 54.0 Å². The molecule has 1 aromatic carbocycles. The van der Waals surface area contributed by atoms with E-state index in [9.17, 15) is 4.79 Å². The van der Waals surface area contributed by atoms with E-state index >= 15 is 0 Å². The Hall–Kier alpha value is -2.36. The van der Waals surface area contributed by atoms with Crippen LogP contribution >= 0.6 is 0 Å². The van der Waals surface area contributed by atoms with E-state index in [0.29, 0.717) is 11.6 Å². The standard InChI is InChI=1S/C20H27N3O/c1-14(2)12-21-15-10-11-18(22-13-15)19(24)23-17-9-7-6-8-16(17)20(3,4)5/h6-11,13-14,21H,12H2,1-5H3,(H,23,24). The predicted octanol–water partition coefficient (Wildman–Crippen LogP) is 4.70. The monoisotopic (exact) mass is 325 g/mol. The molecule has 0 radical (unpaired) electrons. The van der Waals surface area contributed by atoms with Crippen molar-refractivity contribution in [1.29, 1.82) is 0 Å². The first-order chi connectivity index (χ1) is 11.3. The first kappa shape index (κ1) is 18.0. The quantitative estimate of drug-likeness (QED) is 0.838. The van der Waals surface area contributed by atoms with Gasteiger partial charge in [-0.2, -0.15) is 0 Å². The van der Waals surface area contributed by atoms with Gasteiger partial charge in [-0.1, -0.05) is 52.8 Å². The van der Waals surface area contributed by atoms with E-state index in [2.05, 4.69) is 50.2 Å². The van der Waals surface area contributed by atoms with Crippen LogP contribution in [0.4, 0.5) is 11.4 Å². The minimum absolute atomic E-state index is 0.0398. The van der Waals surface area contributed by atoms with Crippen molar-refractivity contribution < 1.29 is 4.79 Å². The normalized spacial score (nSPS) is 11.4. The number of anilines is 2. The number of rotatable bonds is 5. The van der Waals surface area contributed by atoms with Crippen molar-refractivity contribution in [2.75, 3.05) is 17.2 Å². The van der Waals surface area contributed by atoms with Gasteiger partial charge in [0.1, 0.15) is 5.69 Å². The van der Waals surface area contributed by atoms with E-state index in [0.717, 1.165) is 23.5 Å². The Morgan fingerprint density at radius 1 is 1.12 bits per heavy atom. The molecule has 1 aromatic heterocycles. The van der Waals surface area contributed by atoms with Crippen molar-refractivity contribution in [3.8, 4) is 0 Å². The molecule has 128 valence electrons. The van der Waals surface area contributed by atoms with Crippen molar-refractivity contribution in [2.45, 2.75) is 40.0 Å². The van der Waals surface area contributed by atoms with Gasteiger partial charge in [0.15, 0.2) is 0 Å². The van der Waals surface area contributed by atoms with Gasteiger partial charge in [0.2, 0.25) is 0 Å². The fraction of sp³-hybridized carbons (Fsp3) is 0.400. The van der Waals surface area contributed by atoms with E-state index in [1.807, 2.05) is 30.3 Å². The summed E-state index contributed by atoms with van der Waals surface area (Å²) >= 11 is 0. The van der Waals surface area contributed by atoms with Gasteiger partial charge in [0, 0.05) is 12.2 Å². The summed E-state index contributed by atoms with van der Waals surface area (Å²) in [5, 5.41) is 6.28. The molecular formula is C20H27N3O. The number of hydrogen-bond donors (Lipinski definition) is 2. The van der Waals surface area contributed by atoms with Crippen LogP contribution in [0.25, 0.3) is 0 Å². The first-order valence-electron chi connectivity index (χ1n) is 8.38. The number of benzene rings is 1. The smallest absolute Gasteiger partial charge is 0.274 e. The van der Waals surface area contributed by atoms with Gasteiger partial charge in [-0.05, 0) is 35.1 Å². The summed E-state index contributed by atoms with van der Waals surface area (Å²) in [6, 6.07) is 11.5. The van der Waals surface area contributed by atoms with Gasteiger partial charge < -0.3 is 10.6 Å². The number of carbonyl (C=O) groups is 1. The van der Waals surface area contributed by atoms with Crippen LogP contribution in [-0.4, -0.2) is 17.4 Å². The summed E-state index contributed by atoms with van der Waals surface area (Å²) in [6.45, 7) is 11.6. The number of hydrogen-bond acceptors (Lipinski definition) is 3. The Morgan fingerprint density at radius 2 is 1.83 bits per heavy atom. The fourth-order valence-corrected chi connectivity index (χ4v) is 2.39. The van der Waals surface area contributed by atoms with Crippen LogP contribution in [0, 0.1) is 5.92 Å². The minimum Gasteiger partial charge on any atom is -0.384 e. The molecule has 4 nitrogen and oxygen atoms in total. The lowest BCUT2D eigenvalue weighted by atomic mass is 9.86. The SMILES string of the molecule is CC(C)CNc1ccc(C(=O)Nc2ccccc2C(C)(C)C)nc1. The Morgan fingerprint density at radius 3 is 2.42 bits per heavy atom. The molecule has 0 aliphatic carbocycles. The summed E-state index contributed by atoms with van der Waals surface area (Å²) < 4.78 is 0. The van der Waals surface area contributed by atoms with Gasteiger partial charge in [-0.25, -0.2) is 4.98 Å². The lowest BCUT2D eigenvalue weighted by molar-refractivity contribution is 0.102. The fourth-order valence-electron chi connectivity index (χ4n) is 2.39. The van der Waals surface area contributed by atoms with Crippen molar-refractivity contribution in [3.05, 3.63) is 53.9 Å². The molecule has 2 rings (SSSR count). The van der Waals surface area contributed by atoms with Crippen LogP contribution in [0.5, 0.6) is 0 Å². The zero-order valence-corrected chi connectivity index (χ0v) is 15.2. The molecule has 24 heavy (non-hydrogen) atoms. The molecule has 2 aromatic rings. The van der Waals surface area contributed by atoms with Crippen LogP contribution in [0.15, 0.2) is 42.6 Å². The third-order valence-corrected chi connectivity index (χ3v) is 3.69. The molecule has 0 saturated heterocycles. The predicted molar refractivity (Wildman–Crippen MR) is 101 cm³/mol. The zero-order chi connectivity index (χ0) is 17.7. The molecule has 0 atom stereocenters. The van der Waals surface area contributed by atoms with Crippen LogP contribution in [0.1, 0.15) is 50.7 Å². The highest BCUT2D eigenvalue weighted by molar-refractivity contribution is 6.03. The Balaban J connectivity index is 2.11. The summed E-state index contributed by atoms with van der Waals surface area (Å²) in [4.78, 5) is 16.7. The second-order valence-electron chi connectivity index (χ2n) is 7.46. The lowest BCUT2D eigenvalue weighted by Gasteiger charge is -2.22. The maximum atomic E-state index is 12.5. The summed E-state index contributed by atoms with van der Waals surface area (Å²) in [5.41, 5.74) is 3.23. The maximum Gasteiger partial charge on any atom is 0.274 e. The summed E-state index contributed by atoms with van der Waals surface area (Å²) in [6.07, 6.45) is 1.70. The molecule has 2 N–H and O–H groups in total. The van der Waals surface area contributed by atoms with Gasteiger partial charge in [0.25, 0.3) is 5.91 Å². The van der Waals surface area contributed by atoms with Gasteiger partial charge in [0.05, 0.1) is 11.9 Å². The third-order valence-electron chi connectivity index (χ3n) is 3.69. The molecule has 1 amide bonds. The average molecular weight is 325 g/mol. The second-order valence-corrected chi connectivity index (χ2v) is 7.46. The number of nitrogens with one attached hydrogen (secondary N) is 2. The van der Waals surface area contributed by atoms with Gasteiger partial charge in [-0.3, -0.25) is 4.79 Å². The maximum absolute atomic E-state index is 12.5. The van der Waals surface area contributed by atoms with Gasteiger partial charge >= 0.3 is 0 Å². The van der Waals surface area contributed by atoms with E-state index < -0.39 is 0 Å². The minimum atomic E-state index is -0.192. The molecular weight excluding hydrogens is 298 g/mol. The van der Waals surface area contributed by atoms with Crippen LogP contribution < -0.4 is 10.6 Å². The van der Waals surface area contributed by atoms with Crippen LogP contribution in [-0.2, 0) is 5.41 Å². The molecule has 0 aliphatic heterocycles. The number of aromatic nitrogens is 1. The lowest BCUT2D eigenvalue weighted by Crippen LogP contribution is -2.19. The van der Waals surface area contributed by atoms with Crippen molar-refractivity contribution in [3.63, 3.8) is 0 Å². The molecule has 0 unspecified atom stereocenters. The Labute approximate surface area is 144 Å². The highest BCUT2D eigenvalue weighted by atomic mass is 16.1. The molecule has 0 saturated carbocycles. The van der Waals surface area contributed by atoms with E-state index in [1.54, 1.807) is 12.3 Å². The van der Waals surface area contributed by atoms with E-state index in [4.69, 9.17) is 0 Å². The van der Waals surface area contributed by atoms with E-state index in [-0.39, 0.29) is 11.3 Å². The molecule has 0 aliphatic rings. The van der Waals surface area contributed by atoms with Gasteiger partial charge in [-0.15, -0.1) is 0 Å². The van der Waals surface area contributed by atoms with Crippen LogP contribution in [0.3, 0.4) is 0 Å². The second kappa shape index (κ2) is 7.47. The largest absolute Gasteiger partial charge is 0.384 e. The molecule has 0 spiro atoms. The molecule has 0 bridgehead atoms. The number of amides is 1. The first-order valence-corrected chi connectivity index (χ1v) is 8.38. The number of para-hydroxylation sites is 1. The average Bonchev–Trinajstić information content (AvgIpc) is 2.53.